The Kier molecular flexibility index (Phi) is 4.95. The molecule has 18 heavy (non-hydrogen) atoms. The number of hydrogen-bond acceptors (Lipinski definition) is 3. The van der Waals surface area contributed by atoms with Gasteiger partial charge in [-0.15, -0.1) is 0 Å². The van der Waals surface area contributed by atoms with Crippen molar-refractivity contribution in [2.75, 3.05) is 12.3 Å². The Morgan fingerprint density at radius 1 is 1.50 bits per heavy atom. The van der Waals surface area contributed by atoms with E-state index in [1.165, 1.54) is 31.1 Å². The molecule has 1 aliphatic rings. The summed E-state index contributed by atoms with van der Waals surface area (Å²) in [5.41, 5.74) is 0.497. The fraction of sp³-hybridized carbons (Fsp3) is 0.462. The number of halogens is 1. The van der Waals surface area contributed by atoms with Crippen molar-refractivity contribution in [1.82, 2.24) is 5.32 Å². The smallest absolute Gasteiger partial charge is 0.251 e. The van der Waals surface area contributed by atoms with Crippen LogP contribution in [0.4, 0.5) is 0 Å². The fourth-order valence-corrected chi connectivity index (χ4v) is 3.42. The van der Waals surface area contributed by atoms with Crippen LogP contribution in [-0.2, 0) is 0 Å². The highest BCUT2D eigenvalue weighted by Gasteiger charge is 2.15. The van der Waals surface area contributed by atoms with Crippen molar-refractivity contribution in [3.63, 3.8) is 0 Å². The van der Waals surface area contributed by atoms with Crippen LogP contribution in [0.1, 0.15) is 29.6 Å². The zero-order chi connectivity index (χ0) is 13.0. The minimum absolute atomic E-state index is 0.0923. The zero-order valence-electron chi connectivity index (χ0n) is 9.99. The maximum Gasteiger partial charge on any atom is 0.251 e. The van der Waals surface area contributed by atoms with E-state index in [0.717, 1.165) is 0 Å². The maximum atomic E-state index is 11.9. The molecule has 0 bridgehead atoms. The highest BCUT2D eigenvalue weighted by Crippen LogP contribution is 2.25. The van der Waals surface area contributed by atoms with Gasteiger partial charge in [0.05, 0.1) is 4.47 Å². The molecular weight excluding hydrogens is 314 g/mol. The van der Waals surface area contributed by atoms with E-state index in [1.807, 2.05) is 11.8 Å². The van der Waals surface area contributed by atoms with E-state index in [-0.39, 0.29) is 11.7 Å². The highest BCUT2D eigenvalue weighted by molar-refractivity contribution is 9.10. The van der Waals surface area contributed by atoms with E-state index in [9.17, 15) is 9.90 Å². The first-order valence-corrected chi connectivity index (χ1v) is 7.89. The second-order valence-electron chi connectivity index (χ2n) is 4.36. The van der Waals surface area contributed by atoms with Gasteiger partial charge in [-0.2, -0.15) is 11.8 Å². The van der Waals surface area contributed by atoms with Gasteiger partial charge in [0, 0.05) is 17.4 Å². The summed E-state index contributed by atoms with van der Waals surface area (Å²) >= 11 is 5.13. The lowest BCUT2D eigenvalue weighted by Gasteiger charge is -2.21. The summed E-state index contributed by atoms with van der Waals surface area (Å²) in [6, 6.07) is 4.86. The molecule has 0 radical (unpaired) electrons. The Balaban J connectivity index is 1.88. The Labute approximate surface area is 119 Å². The number of carbonyl (C=O) groups excluding carboxylic acids is 1. The Morgan fingerprint density at radius 3 is 3.00 bits per heavy atom. The van der Waals surface area contributed by atoms with Crippen LogP contribution in [0.2, 0.25) is 0 Å². The number of carbonyl (C=O) groups is 1. The van der Waals surface area contributed by atoms with Gasteiger partial charge in [-0.05, 0) is 52.7 Å². The number of thioether (sulfide) groups is 1. The molecular formula is C13H16BrNO2S. The lowest BCUT2D eigenvalue weighted by atomic mass is 10.1. The number of aromatic hydroxyl groups is 1. The number of rotatable bonds is 3. The van der Waals surface area contributed by atoms with Gasteiger partial charge in [-0.25, -0.2) is 0 Å². The molecule has 1 amide bonds. The first-order chi connectivity index (χ1) is 8.66. The summed E-state index contributed by atoms with van der Waals surface area (Å²) in [6.45, 7) is 0.709. The highest BCUT2D eigenvalue weighted by atomic mass is 79.9. The van der Waals surface area contributed by atoms with Gasteiger partial charge in [0.15, 0.2) is 0 Å². The third kappa shape index (κ3) is 3.65. The van der Waals surface area contributed by atoms with E-state index >= 15 is 0 Å². The van der Waals surface area contributed by atoms with Crippen LogP contribution in [0.25, 0.3) is 0 Å². The summed E-state index contributed by atoms with van der Waals surface area (Å²) in [5.74, 6) is 1.17. The third-order valence-corrected chi connectivity index (χ3v) is 5.04. The average molecular weight is 330 g/mol. The van der Waals surface area contributed by atoms with Crippen molar-refractivity contribution >= 4 is 33.6 Å². The average Bonchev–Trinajstić information content (AvgIpc) is 2.40. The minimum atomic E-state index is -0.121. The fourth-order valence-electron chi connectivity index (χ4n) is 1.93. The normalized spacial score (nSPS) is 19.5. The molecule has 2 rings (SSSR count). The van der Waals surface area contributed by atoms with Gasteiger partial charge in [0.25, 0.3) is 5.91 Å². The molecule has 2 N–H and O–H groups in total. The number of benzene rings is 1. The first kappa shape index (κ1) is 13.7. The lowest BCUT2D eigenvalue weighted by Crippen LogP contribution is -2.31. The van der Waals surface area contributed by atoms with Crippen molar-refractivity contribution in [3.05, 3.63) is 28.2 Å². The molecule has 1 atom stereocenters. The van der Waals surface area contributed by atoms with Gasteiger partial charge >= 0.3 is 0 Å². The van der Waals surface area contributed by atoms with Crippen molar-refractivity contribution in [1.29, 1.82) is 0 Å². The SMILES string of the molecule is O=C(NCC1CCCCS1)c1ccc(Br)c(O)c1. The molecule has 1 aromatic rings. The number of hydrogen-bond donors (Lipinski definition) is 2. The molecule has 0 saturated carbocycles. The minimum Gasteiger partial charge on any atom is -0.507 e. The van der Waals surface area contributed by atoms with E-state index in [0.29, 0.717) is 21.8 Å². The second kappa shape index (κ2) is 6.48. The van der Waals surface area contributed by atoms with Crippen LogP contribution in [0.5, 0.6) is 5.75 Å². The third-order valence-electron chi connectivity index (χ3n) is 2.97. The summed E-state index contributed by atoms with van der Waals surface area (Å²) < 4.78 is 0.599. The Bertz CT molecular complexity index is 433. The maximum absolute atomic E-state index is 11.9. The molecule has 3 nitrogen and oxygen atoms in total. The molecule has 1 heterocycles. The summed E-state index contributed by atoms with van der Waals surface area (Å²) in [7, 11) is 0. The largest absolute Gasteiger partial charge is 0.507 e. The summed E-state index contributed by atoms with van der Waals surface area (Å²) in [5, 5.41) is 13.0. The first-order valence-electron chi connectivity index (χ1n) is 6.05. The molecule has 1 aromatic carbocycles. The molecule has 0 spiro atoms. The summed E-state index contributed by atoms with van der Waals surface area (Å²) in [4.78, 5) is 11.9. The van der Waals surface area contributed by atoms with Gasteiger partial charge in [-0.3, -0.25) is 4.79 Å². The topological polar surface area (TPSA) is 49.3 Å². The molecule has 1 saturated heterocycles. The Morgan fingerprint density at radius 2 is 2.33 bits per heavy atom. The van der Waals surface area contributed by atoms with Gasteiger partial charge in [0.1, 0.15) is 5.75 Å². The monoisotopic (exact) mass is 329 g/mol. The number of phenolic OH excluding ortho intramolecular Hbond substituents is 1. The van der Waals surface area contributed by atoms with E-state index < -0.39 is 0 Å². The molecule has 0 aliphatic carbocycles. The van der Waals surface area contributed by atoms with E-state index in [2.05, 4.69) is 21.2 Å². The van der Waals surface area contributed by atoms with Crippen molar-refractivity contribution in [3.8, 4) is 5.75 Å². The second-order valence-corrected chi connectivity index (χ2v) is 6.63. The van der Waals surface area contributed by atoms with Crippen LogP contribution in [0.15, 0.2) is 22.7 Å². The van der Waals surface area contributed by atoms with Crippen LogP contribution in [-0.4, -0.2) is 28.6 Å². The predicted octanol–water partition coefficient (Wildman–Crippen LogP) is 3.17. The van der Waals surface area contributed by atoms with Crippen LogP contribution < -0.4 is 5.32 Å². The van der Waals surface area contributed by atoms with E-state index in [1.54, 1.807) is 12.1 Å². The Hall–Kier alpha value is -0.680. The number of nitrogens with one attached hydrogen (secondary N) is 1. The molecule has 1 fully saturated rings. The van der Waals surface area contributed by atoms with Crippen LogP contribution in [0.3, 0.4) is 0 Å². The predicted molar refractivity (Wildman–Crippen MR) is 78.2 cm³/mol. The zero-order valence-corrected chi connectivity index (χ0v) is 12.4. The van der Waals surface area contributed by atoms with Crippen molar-refractivity contribution in [2.24, 2.45) is 0 Å². The molecule has 98 valence electrons. The molecule has 1 aliphatic heterocycles. The lowest BCUT2D eigenvalue weighted by molar-refractivity contribution is 0.0953. The van der Waals surface area contributed by atoms with Gasteiger partial charge < -0.3 is 10.4 Å². The molecule has 1 unspecified atom stereocenters. The van der Waals surface area contributed by atoms with Crippen LogP contribution in [0, 0.1) is 0 Å². The standard InChI is InChI=1S/C13H16BrNO2S/c14-11-5-4-9(7-12(11)16)13(17)15-8-10-3-1-2-6-18-10/h4-5,7,10,16H,1-3,6,8H2,(H,15,17). The summed E-state index contributed by atoms with van der Waals surface area (Å²) in [6.07, 6.45) is 3.72. The quantitative estimate of drug-likeness (QED) is 0.895. The number of phenols is 1. The van der Waals surface area contributed by atoms with E-state index in [4.69, 9.17) is 0 Å². The number of amides is 1. The van der Waals surface area contributed by atoms with Gasteiger partial charge in [0.2, 0.25) is 0 Å². The van der Waals surface area contributed by atoms with Crippen molar-refractivity contribution in [2.45, 2.75) is 24.5 Å². The molecule has 0 aromatic heterocycles. The molecule has 5 heteroatoms. The van der Waals surface area contributed by atoms with Crippen molar-refractivity contribution < 1.29 is 9.90 Å². The van der Waals surface area contributed by atoms with Gasteiger partial charge in [-0.1, -0.05) is 6.42 Å². The van der Waals surface area contributed by atoms with Crippen LogP contribution >= 0.6 is 27.7 Å².